The molecular weight excluding hydrogens is 376 g/mol. The third-order valence-corrected chi connectivity index (χ3v) is 7.60. The van der Waals surface area contributed by atoms with Crippen LogP contribution in [0.4, 0.5) is 0 Å². The maximum absolute atomic E-state index is 13.1. The van der Waals surface area contributed by atoms with Gasteiger partial charge in [-0.05, 0) is 38.7 Å². The summed E-state index contributed by atoms with van der Waals surface area (Å²) in [6.45, 7) is 6.68. The molecule has 0 N–H and O–H groups in total. The summed E-state index contributed by atoms with van der Waals surface area (Å²) >= 11 is 1.07. The number of nitrogens with zero attached hydrogens (tertiary/aromatic N) is 6. The Morgan fingerprint density at radius 2 is 1.81 bits per heavy atom. The minimum absolute atomic E-state index is 0.134. The van der Waals surface area contributed by atoms with Gasteiger partial charge in [0.25, 0.3) is 5.91 Å². The standard InChI is InChI=1S/C15H22N6O3S2/c1-10-13(25-18-16-10)15(22)20-6-5-7-21(9-8-20)26(23,24)14-11(2)17-19(4)12(14)3/h5-9H2,1-4H3. The fraction of sp³-hybridized carbons (Fsp3) is 0.600. The average molecular weight is 399 g/mol. The minimum Gasteiger partial charge on any atom is -0.336 e. The van der Waals surface area contributed by atoms with Crippen LogP contribution >= 0.6 is 11.5 Å². The molecule has 0 spiro atoms. The van der Waals surface area contributed by atoms with Crippen molar-refractivity contribution in [1.82, 2.24) is 28.6 Å². The van der Waals surface area contributed by atoms with Crippen molar-refractivity contribution in [3.63, 3.8) is 0 Å². The van der Waals surface area contributed by atoms with Gasteiger partial charge in [-0.2, -0.15) is 9.40 Å². The molecule has 26 heavy (non-hydrogen) atoms. The van der Waals surface area contributed by atoms with E-state index in [1.165, 1.54) is 4.31 Å². The molecule has 0 atom stereocenters. The number of hydrogen-bond acceptors (Lipinski definition) is 7. The summed E-state index contributed by atoms with van der Waals surface area (Å²) in [4.78, 5) is 15.1. The van der Waals surface area contributed by atoms with E-state index >= 15 is 0 Å². The van der Waals surface area contributed by atoms with E-state index in [1.54, 1.807) is 37.4 Å². The molecule has 0 aromatic carbocycles. The van der Waals surface area contributed by atoms with E-state index < -0.39 is 10.0 Å². The predicted molar refractivity (Wildman–Crippen MR) is 96.6 cm³/mol. The van der Waals surface area contributed by atoms with Crippen molar-refractivity contribution in [3.05, 3.63) is 22.0 Å². The van der Waals surface area contributed by atoms with Crippen molar-refractivity contribution < 1.29 is 13.2 Å². The summed E-state index contributed by atoms with van der Waals surface area (Å²) in [6, 6.07) is 0. The first-order valence-corrected chi connectivity index (χ1v) is 10.5. The molecule has 1 aliphatic heterocycles. The summed E-state index contributed by atoms with van der Waals surface area (Å²) in [7, 11) is -1.92. The van der Waals surface area contributed by atoms with Crippen LogP contribution in [-0.4, -0.2) is 69.1 Å². The van der Waals surface area contributed by atoms with Crippen molar-refractivity contribution in [1.29, 1.82) is 0 Å². The van der Waals surface area contributed by atoms with E-state index in [2.05, 4.69) is 14.7 Å². The number of sulfonamides is 1. The van der Waals surface area contributed by atoms with Gasteiger partial charge < -0.3 is 4.90 Å². The maximum Gasteiger partial charge on any atom is 0.267 e. The van der Waals surface area contributed by atoms with Gasteiger partial charge in [-0.3, -0.25) is 9.48 Å². The number of hydrogen-bond donors (Lipinski definition) is 0. The molecule has 0 radical (unpaired) electrons. The van der Waals surface area contributed by atoms with Crippen molar-refractivity contribution in [2.45, 2.75) is 32.1 Å². The Morgan fingerprint density at radius 1 is 1.08 bits per heavy atom. The second kappa shape index (κ2) is 7.05. The molecule has 3 rings (SSSR count). The average Bonchev–Trinajstić information content (AvgIpc) is 2.99. The predicted octanol–water partition coefficient (Wildman–Crippen LogP) is 0.734. The van der Waals surface area contributed by atoms with Crippen LogP contribution < -0.4 is 0 Å². The zero-order valence-corrected chi connectivity index (χ0v) is 16.9. The van der Waals surface area contributed by atoms with Crippen LogP contribution in [0.5, 0.6) is 0 Å². The molecule has 1 fully saturated rings. The van der Waals surface area contributed by atoms with Crippen molar-refractivity contribution in [3.8, 4) is 0 Å². The second-order valence-corrected chi connectivity index (χ2v) is 8.99. The van der Waals surface area contributed by atoms with Crippen molar-refractivity contribution in [2.24, 2.45) is 7.05 Å². The highest BCUT2D eigenvalue weighted by atomic mass is 32.2. The number of carbonyl (C=O) groups excluding carboxylic acids is 1. The molecule has 0 bridgehead atoms. The van der Waals surface area contributed by atoms with Gasteiger partial charge in [0, 0.05) is 33.2 Å². The molecule has 9 nitrogen and oxygen atoms in total. The quantitative estimate of drug-likeness (QED) is 0.756. The monoisotopic (exact) mass is 398 g/mol. The molecule has 0 aliphatic carbocycles. The number of amides is 1. The Labute approximate surface area is 156 Å². The SMILES string of the molecule is Cc1nnsc1C(=O)N1CCCN(S(=O)(=O)c2c(C)nn(C)c2C)CC1. The number of aryl methyl sites for hydroxylation is 3. The van der Waals surface area contributed by atoms with Crippen LogP contribution in [0, 0.1) is 20.8 Å². The maximum atomic E-state index is 13.1. The van der Waals surface area contributed by atoms with E-state index in [0.29, 0.717) is 48.0 Å². The van der Waals surface area contributed by atoms with Crippen LogP contribution in [-0.2, 0) is 17.1 Å². The molecule has 0 saturated carbocycles. The highest BCUT2D eigenvalue weighted by Gasteiger charge is 2.33. The van der Waals surface area contributed by atoms with Gasteiger partial charge >= 0.3 is 0 Å². The van der Waals surface area contributed by atoms with Gasteiger partial charge in [-0.1, -0.05) is 4.49 Å². The van der Waals surface area contributed by atoms with Gasteiger partial charge in [0.1, 0.15) is 9.77 Å². The molecular formula is C15H22N6O3S2. The summed E-state index contributed by atoms with van der Waals surface area (Å²) in [6.07, 6.45) is 0.578. The van der Waals surface area contributed by atoms with Gasteiger partial charge in [0.2, 0.25) is 10.0 Å². The highest BCUT2D eigenvalue weighted by molar-refractivity contribution is 7.89. The van der Waals surface area contributed by atoms with E-state index in [4.69, 9.17) is 0 Å². The Bertz CT molecular complexity index is 933. The first kappa shape index (κ1) is 18.9. The fourth-order valence-electron chi connectivity index (χ4n) is 3.17. The first-order valence-electron chi connectivity index (χ1n) is 8.32. The molecule has 1 aliphatic rings. The van der Waals surface area contributed by atoms with Crippen LogP contribution in [0.25, 0.3) is 0 Å². The van der Waals surface area contributed by atoms with Crippen molar-refractivity contribution >= 4 is 27.5 Å². The van der Waals surface area contributed by atoms with E-state index in [1.807, 2.05) is 0 Å². The summed E-state index contributed by atoms with van der Waals surface area (Å²) in [5.41, 5.74) is 1.72. The lowest BCUT2D eigenvalue weighted by Gasteiger charge is -2.21. The summed E-state index contributed by atoms with van der Waals surface area (Å²) < 4.78 is 33.0. The number of carbonyl (C=O) groups is 1. The van der Waals surface area contributed by atoms with Gasteiger partial charge in [0.05, 0.1) is 17.1 Å². The summed E-state index contributed by atoms with van der Waals surface area (Å²) in [5, 5.41) is 8.09. The van der Waals surface area contributed by atoms with E-state index in [9.17, 15) is 13.2 Å². The van der Waals surface area contributed by atoms with Crippen LogP contribution in [0.1, 0.15) is 33.2 Å². The Balaban J connectivity index is 1.80. The van der Waals surface area contributed by atoms with Gasteiger partial charge in [-0.25, -0.2) is 8.42 Å². The zero-order valence-electron chi connectivity index (χ0n) is 15.3. The molecule has 3 heterocycles. The molecule has 0 unspecified atom stereocenters. The first-order chi connectivity index (χ1) is 12.2. The molecule has 1 amide bonds. The lowest BCUT2D eigenvalue weighted by Crippen LogP contribution is -2.37. The van der Waals surface area contributed by atoms with Gasteiger partial charge in [0.15, 0.2) is 0 Å². The molecule has 11 heteroatoms. The smallest absolute Gasteiger partial charge is 0.267 e. The third-order valence-electron chi connectivity index (χ3n) is 4.63. The molecule has 1 saturated heterocycles. The minimum atomic E-state index is -3.65. The lowest BCUT2D eigenvalue weighted by molar-refractivity contribution is 0.0768. The fourth-order valence-corrected chi connectivity index (χ4v) is 5.66. The van der Waals surface area contributed by atoms with Crippen LogP contribution in [0.2, 0.25) is 0 Å². The highest BCUT2D eigenvalue weighted by Crippen LogP contribution is 2.24. The van der Waals surface area contributed by atoms with Gasteiger partial charge in [-0.15, -0.1) is 5.10 Å². The third kappa shape index (κ3) is 3.26. The molecule has 2 aromatic rings. The molecule has 142 valence electrons. The number of rotatable bonds is 3. The Hall–Kier alpha value is -1.85. The van der Waals surface area contributed by atoms with Crippen LogP contribution in [0.15, 0.2) is 4.90 Å². The largest absolute Gasteiger partial charge is 0.336 e. The zero-order chi connectivity index (χ0) is 19.1. The summed E-state index contributed by atoms with van der Waals surface area (Å²) in [5.74, 6) is -0.134. The normalized spacial score (nSPS) is 16.7. The van der Waals surface area contributed by atoms with Crippen LogP contribution in [0.3, 0.4) is 0 Å². The number of aromatic nitrogens is 4. The Morgan fingerprint density at radius 3 is 2.38 bits per heavy atom. The topological polar surface area (TPSA) is 101 Å². The van der Waals surface area contributed by atoms with Crippen molar-refractivity contribution in [2.75, 3.05) is 26.2 Å². The lowest BCUT2D eigenvalue weighted by atomic mass is 10.3. The van der Waals surface area contributed by atoms with E-state index in [0.717, 1.165) is 11.5 Å². The molecule has 2 aromatic heterocycles. The second-order valence-electron chi connectivity index (χ2n) is 6.36. The van der Waals surface area contributed by atoms with E-state index in [-0.39, 0.29) is 17.3 Å². The Kier molecular flexibility index (Phi) is 5.13.